The molecule has 2 aromatic rings. The normalized spacial score (nSPS) is 17.5. The smallest absolute Gasteiger partial charge is 0.267 e. The summed E-state index contributed by atoms with van der Waals surface area (Å²) in [6.07, 6.45) is 5.41. The van der Waals surface area contributed by atoms with Gasteiger partial charge in [-0.2, -0.15) is 0 Å². The predicted octanol–water partition coefficient (Wildman–Crippen LogP) is 2.84. The van der Waals surface area contributed by atoms with Crippen LogP contribution in [0.5, 0.6) is 0 Å². The Kier molecular flexibility index (Phi) is 4.91. The first-order chi connectivity index (χ1) is 10.8. The van der Waals surface area contributed by atoms with Gasteiger partial charge in [0.15, 0.2) is 0 Å². The summed E-state index contributed by atoms with van der Waals surface area (Å²) in [6.45, 7) is 2.24. The first-order valence-corrected chi connectivity index (χ1v) is 7.92. The van der Waals surface area contributed by atoms with Gasteiger partial charge in [-0.3, -0.25) is 4.79 Å². The van der Waals surface area contributed by atoms with Crippen LogP contribution in [0.1, 0.15) is 35.3 Å². The highest BCUT2D eigenvalue weighted by Gasteiger charge is 2.16. The molecule has 0 bridgehead atoms. The molecule has 4 nitrogen and oxygen atoms in total. The van der Waals surface area contributed by atoms with Crippen molar-refractivity contribution in [3.05, 3.63) is 59.9 Å². The Morgan fingerprint density at radius 1 is 1.23 bits per heavy atom. The summed E-state index contributed by atoms with van der Waals surface area (Å²) in [7, 11) is 0. The Morgan fingerprint density at radius 3 is 2.86 bits per heavy atom. The zero-order valence-electron chi connectivity index (χ0n) is 12.7. The zero-order valence-corrected chi connectivity index (χ0v) is 12.7. The molecule has 0 spiro atoms. The molecular weight excluding hydrogens is 276 g/mol. The van der Waals surface area contributed by atoms with Gasteiger partial charge >= 0.3 is 0 Å². The van der Waals surface area contributed by atoms with Crippen LogP contribution < -0.4 is 5.32 Å². The van der Waals surface area contributed by atoms with Crippen molar-refractivity contribution in [1.82, 2.24) is 9.88 Å². The highest BCUT2D eigenvalue weighted by atomic mass is 16.5. The summed E-state index contributed by atoms with van der Waals surface area (Å²) in [5, 5.41) is 3.00. The van der Waals surface area contributed by atoms with E-state index in [4.69, 9.17) is 4.74 Å². The minimum absolute atomic E-state index is 0.0149. The van der Waals surface area contributed by atoms with Crippen LogP contribution in [0.15, 0.2) is 48.7 Å². The van der Waals surface area contributed by atoms with Crippen LogP contribution in [-0.2, 0) is 11.3 Å². The van der Waals surface area contributed by atoms with Crippen molar-refractivity contribution in [1.29, 1.82) is 0 Å². The molecule has 1 amide bonds. The first kappa shape index (κ1) is 14.9. The Labute approximate surface area is 131 Å². The monoisotopic (exact) mass is 298 g/mol. The molecule has 0 radical (unpaired) electrons. The summed E-state index contributed by atoms with van der Waals surface area (Å²) in [5.74, 6) is -0.0149. The molecule has 1 atom stereocenters. The highest BCUT2D eigenvalue weighted by molar-refractivity contribution is 5.92. The average molecular weight is 298 g/mol. The molecule has 22 heavy (non-hydrogen) atoms. The second-order valence-corrected chi connectivity index (χ2v) is 5.69. The Morgan fingerprint density at radius 2 is 2.09 bits per heavy atom. The molecule has 1 saturated heterocycles. The fraction of sp³-hybridized carbons (Fsp3) is 0.389. The van der Waals surface area contributed by atoms with Crippen LogP contribution in [0.2, 0.25) is 0 Å². The Balaban J connectivity index is 1.55. The lowest BCUT2D eigenvalue weighted by molar-refractivity contribution is 0.0900. The predicted molar refractivity (Wildman–Crippen MR) is 85.9 cm³/mol. The lowest BCUT2D eigenvalue weighted by Crippen LogP contribution is -2.28. The van der Waals surface area contributed by atoms with E-state index in [0.717, 1.165) is 25.9 Å². The van der Waals surface area contributed by atoms with E-state index in [0.29, 0.717) is 24.9 Å². The third kappa shape index (κ3) is 3.77. The van der Waals surface area contributed by atoms with Crippen molar-refractivity contribution < 1.29 is 9.53 Å². The van der Waals surface area contributed by atoms with E-state index in [-0.39, 0.29) is 5.91 Å². The molecule has 2 heterocycles. The van der Waals surface area contributed by atoms with E-state index in [1.165, 1.54) is 5.56 Å². The van der Waals surface area contributed by atoms with Crippen LogP contribution >= 0.6 is 0 Å². The number of amides is 1. The van der Waals surface area contributed by atoms with Gasteiger partial charge in [0.2, 0.25) is 0 Å². The third-order valence-electron chi connectivity index (χ3n) is 4.03. The minimum atomic E-state index is -0.0149. The van der Waals surface area contributed by atoms with Crippen molar-refractivity contribution in [3.63, 3.8) is 0 Å². The van der Waals surface area contributed by atoms with Gasteiger partial charge in [0.25, 0.3) is 5.91 Å². The molecule has 1 N–H and O–H groups in total. The molecule has 4 heteroatoms. The van der Waals surface area contributed by atoms with Gasteiger partial charge in [0, 0.05) is 25.9 Å². The molecule has 0 aliphatic carbocycles. The molecule has 1 aliphatic heterocycles. The summed E-state index contributed by atoms with van der Waals surface area (Å²) < 4.78 is 7.55. The summed E-state index contributed by atoms with van der Waals surface area (Å²) >= 11 is 0. The van der Waals surface area contributed by atoms with Gasteiger partial charge in [0.1, 0.15) is 5.69 Å². The standard InChI is InChI=1S/C18H22N2O2/c21-18(19-11-10-16-8-5-13-22-16)17-9-4-12-20(17)14-15-6-2-1-3-7-15/h1-4,6-7,9,12,16H,5,8,10-11,13-14H2,(H,19,21)/t16-/m1/s1. The van der Waals surface area contributed by atoms with Crippen LogP contribution in [0.3, 0.4) is 0 Å². The Bertz CT molecular complexity index is 601. The van der Waals surface area contributed by atoms with Crippen LogP contribution in [0.4, 0.5) is 0 Å². The zero-order chi connectivity index (χ0) is 15.2. The lowest BCUT2D eigenvalue weighted by atomic mass is 10.2. The van der Waals surface area contributed by atoms with Crippen molar-refractivity contribution in [2.24, 2.45) is 0 Å². The molecule has 0 saturated carbocycles. The Hall–Kier alpha value is -2.07. The van der Waals surface area contributed by atoms with Gasteiger partial charge in [-0.25, -0.2) is 0 Å². The second kappa shape index (κ2) is 7.27. The molecule has 1 aromatic carbocycles. The van der Waals surface area contributed by atoms with Gasteiger partial charge in [-0.05, 0) is 37.0 Å². The topological polar surface area (TPSA) is 43.3 Å². The molecule has 3 rings (SSSR count). The minimum Gasteiger partial charge on any atom is -0.378 e. The second-order valence-electron chi connectivity index (χ2n) is 5.69. The number of ether oxygens (including phenoxy) is 1. The molecule has 1 aliphatic rings. The number of carbonyl (C=O) groups is 1. The maximum Gasteiger partial charge on any atom is 0.267 e. The van der Waals surface area contributed by atoms with Crippen LogP contribution in [-0.4, -0.2) is 29.7 Å². The van der Waals surface area contributed by atoms with Crippen molar-refractivity contribution in [2.45, 2.75) is 31.9 Å². The number of aromatic nitrogens is 1. The molecule has 1 fully saturated rings. The van der Waals surface area contributed by atoms with Crippen molar-refractivity contribution in [3.8, 4) is 0 Å². The SMILES string of the molecule is O=C(NCC[C@H]1CCCO1)c1cccn1Cc1ccccc1. The van der Waals surface area contributed by atoms with Gasteiger partial charge in [0.05, 0.1) is 6.10 Å². The molecule has 0 unspecified atom stereocenters. The van der Waals surface area contributed by atoms with E-state index in [2.05, 4.69) is 17.4 Å². The van der Waals surface area contributed by atoms with Crippen LogP contribution in [0.25, 0.3) is 0 Å². The number of hydrogen-bond acceptors (Lipinski definition) is 2. The average Bonchev–Trinajstić information content (AvgIpc) is 3.20. The maximum absolute atomic E-state index is 12.3. The lowest BCUT2D eigenvalue weighted by Gasteiger charge is -2.12. The van der Waals surface area contributed by atoms with Crippen molar-refractivity contribution >= 4 is 5.91 Å². The largest absolute Gasteiger partial charge is 0.378 e. The number of benzene rings is 1. The van der Waals surface area contributed by atoms with Crippen molar-refractivity contribution in [2.75, 3.05) is 13.2 Å². The van der Waals surface area contributed by atoms with E-state index in [1.54, 1.807) is 0 Å². The quantitative estimate of drug-likeness (QED) is 0.891. The maximum atomic E-state index is 12.3. The fourth-order valence-corrected chi connectivity index (χ4v) is 2.85. The number of nitrogens with zero attached hydrogens (tertiary/aromatic N) is 1. The molecule has 116 valence electrons. The van der Waals surface area contributed by atoms with E-state index in [1.807, 2.05) is 41.1 Å². The number of carbonyl (C=O) groups excluding carboxylic acids is 1. The molecular formula is C18H22N2O2. The number of rotatable bonds is 6. The number of nitrogens with one attached hydrogen (secondary N) is 1. The van der Waals surface area contributed by atoms with E-state index < -0.39 is 0 Å². The highest BCUT2D eigenvalue weighted by Crippen LogP contribution is 2.14. The fourth-order valence-electron chi connectivity index (χ4n) is 2.85. The summed E-state index contributed by atoms with van der Waals surface area (Å²) in [5.41, 5.74) is 1.89. The third-order valence-corrected chi connectivity index (χ3v) is 4.03. The molecule has 1 aromatic heterocycles. The van der Waals surface area contributed by atoms with E-state index >= 15 is 0 Å². The van der Waals surface area contributed by atoms with E-state index in [9.17, 15) is 4.79 Å². The summed E-state index contributed by atoms with van der Waals surface area (Å²) in [6, 6.07) is 13.9. The summed E-state index contributed by atoms with van der Waals surface area (Å²) in [4.78, 5) is 12.3. The van der Waals surface area contributed by atoms with Gasteiger partial charge in [-0.1, -0.05) is 30.3 Å². The number of hydrogen-bond donors (Lipinski definition) is 1. The van der Waals surface area contributed by atoms with Crippen LogP contribution in [0, 0.1) is 0 Å². The first-order valence-electron chi connectivity index (χ1n) is 7.92. The van der Waals surface area contributed by atoms with Gasteiger partial charge < -0.3 is 14.6 Å². The van der Waals surface area contributed by atoms with Gasteiger partial charge in [-0.15, -0.1) is 0 Å².